The molecule has 198 valence electrons. The van der Waals surface area contributed by atoms with Crippen molar-refractivity contribution >= 4 is 47.2 Å². The minimum atomic E-state index is -0.795. The quantitative estimate of drug-likeness (QED) is 0.174. The molecule has 0 aliphatic carbocycles. The van der Waals surface area contributed by atoms with Gasteiger partial charge in [-0.2, -0.15) is 11.8 Å². The van der Waals surface area contributed by atoms with Gasteiger partial charge in [0.15, 0.2) is 5.78 Å². The van der Waals surface area contributed by atoms with Gasteiger partial charge in [-0.3, -0.25) is 28.9 Å². The third-order valence-electron chi connectivity index (χ3n) is 5.81. The molecule has 11 nitrogen and oxygen atoms in total. The van der Waals surface area contributed by atoms with Crippen LogP contribution in [0.4, 0.5) is 4.79 Å². The Labute approximate surface area is 211 Å². The second-order valence-electron chi connectivity index (χ2n) is 9.02. The fraction of sp³-hybridized carbons (Fsp3) is 0.739. The Morgan fingerprint density at radius 2 is 1.77 bits per heavy atom. The van der Waals surface area contributed by atoms with Crippen molar-refractivity contribution in [1.82, 2.24) is 20.9 Å². The van der Waals surface area contributed by atoms with Crippen molar-refractivity contribution in [2.75, 3.05) is 19.3 Å². The molecule has 2 unspecified atom stereocenters. The largest absolute Gasteiger partial charge is 0.352 e. The Kier molecular flexibility index (Phi) is 13.4. The number of unbranched alkanes of at least 4 members (excludes halogenated alkanes) is 2. The molecular formula is C23H39N5O6S. The summed E-state index contributed by atoms with van der Waals surface area (Å²) in [5.41, 5.74) is 5.01. The highest BCUT2D eigenvalue weighted by Crippen LogP contribution is 2.23. The zero-order chi connectivity index (χ0) is 26.5. The molecule has 1 rings (SSSR count). The number of hydrogen-bond donors (Lipinski definition) is 4. The molecule has 0 spiro atoms. The van der Waals surface area contributed by atoms with E-state index in [1.54, 1.807) is 13.8 Å². The van der Waals surface area contributed by atoms with E-state index in [0.717, 1.165) is 0 Å². The lowest BCUT2D eigenvalue weighted by atomic mass is 10.0. The average molecular weight is 514 g/mol. The Hall–Kier alpha value is -2.63. The number of amides is 6. The summed E-state index contributed by atoms with van der Waals surface area (Å²) in [5, 5.41) is 7.59. The minimum Gasteiger partial charge on any atom is -0.352 e. The van der Waals surface area contributed by atoms with Gasteiger partial charge >= 0.3 is 6.03 Å². The lowest BCUT2D eigenvalue weighted by molar-refractivity contribution is -0.138. The highest BCUT2D eigenvalue weighted by molar-refractivity contribution is 8.00. The molecule has 0 aromatic rings. The second-order valence-corrected chi connectivity index (χ2v) is 10.1. The maximum atomic E-state index is 12.8. The van der Waals surface area contributed by atoms with Gasteiger partial charge in [0.2, 0.25) is 23.6 Å². The van der Waals surface area contributed by atoms with Crippen molar-refractivity contribution in [3.8, 4) is 0 Å². The number of primary amides is 1. The third-order valence-corrected chi connectivity index (χ3v) is 6.75. The Morgan fingerprint density at radius 3 is 2.31 bits per heavy atom. The van der Waals surface area contributed by atoms with E-state index in [-0.39, 0.29) is 54.1 Å². The van der Waals surface area contributed by atoms with Crippen molar-refractivity contribution in [3.63, 3.8) is 0 Å². The number of thioether (sulfide) groups is 1. The van der Waals surface area contributed by atoms with Crippen molar-refractivity contribution in [2.45, 2.75) is 83.1 Å². The normalized spacial score (nSPS) is 17.3. The number of hydrogen-bond acceptors (Lipinski definition) is 7. The van der Waals surface area contributed by atoms with Crippen LogP contribution in [0, 0.1) is 5.92 Å². The Bertz CT molecular complexity index is 790. The minimum absolute atomic E-state index is 0.140. The van der Waals surface area contributed by atoms with Gasteiger partial charge in [-0.05, 0) is 44.8 Å². The first-order chi connectivity index (χ1) is 16.5. The predicted molar refractivity (Wildman–Crippen MR) is 133 cm³/mol. The van der Waals surface area contributed by atoms with E-state index in [9.17, 15) is 28.8 Å². The fourth-order valence-corrected chi connectivity index (χ4v) is 4.38. The molecule has 1 aliphatic heterocycles. The molecule has 1 fully saturated rings. The molecule has 1 aliphatic rings. The van der Waals surface area contributed by atoms with Crippen LogP contribution in [-0.2, 0) is 24.0 Å². The van der Waals surface area contributed by atoms with E-state index in [1.165, 1.54) is 23.6 Å². The zero-order valence-corrected chi connectivity index (χ0v) is 21.9. The first-order valence-electron chi connectivity index (χ1n) is 12.0. The number of carbonyl (C=O) groups is 6. The maximum Gasteiger partial charge on any atom is 0.312 e. The summed E-state index contributed by atoms with van der Waals surface area (Å²) in [6.45, 7) is 5.62. The molecule has 12 heteroatoms. The number of urea groups is 1. The maximum absolute atomic E-state index is 12.8. The zero-order valence-electron chi connectivity index (χ0n) is 21.1. The fourth-order valence-electron chi connectivity index (χ4n) is 3.74. The summed E-state index contributed by atoms with van der Waals surface area (Å²) in [7, 11) is 0. The number of Topliss-reactive ketones (excluding diaryl/α,β-unsaturated/α-hetero) is 1. The van der Waals surface area contributed by atoms with E-state index in [4.69, 9.17) is 5.73 Å². The lowest BCUT2D eigenvalue weighted by Gasteiger charge is -2.24. The number of nitrogens with zero attached hydrogens (tertiary/aromatic N) is 1. The summed E-state index contributed by atoms with van der Waals surface area (Å²) in [6, 6.07) is -2.17. The van der Waals surface area contributed by atoms with Crippen LogP contribution in [0.15, 0.2) is 0 Å². The van der Waals surface area contributed by atoms with E-state index in [0.29, 0.717) is 38.6 Å². The SMILES string of the molecule is CSC1CC(=O)N(CCCCCC(=O)NC(C(=O)N[C@@H](CCCNC(N)=O)C(C)=O)C(C)C)C1=O. The van der Waals surface area contributed by atoms with E-state index in [2.05, 4.69) is 16.0 Å². The summed E-state index contributed by atoms with van der Waals surface area (Å²) >= 11 is 1.38. The smallest absolute Gasteiger partial charge is 0.312 e. The first kappa shape index (κ1) is 30.4. The van der Waals surface area contributed by atoms with Crippen LogP contribution in [-0.4, -0.2) is 77.0 Å². The molecule has 1 saturated heterocycles. The third kappa shape index (κ3) is 10.7. The number of nitrogens with one attached hydrogen (secondary N) is 3. The number of imide groups is 1. The van der Waals surface area contributed by atoms with E-state index < -0.39 is 24.0 Å². The molecule has 0 bridgehead atoms. The van der Waals surface area contributed by atoms with Gasteiger partial charge in [0.1, 0.15) is 6.04 Å². The molecule has 5 N–H and O–H groups in total. The van der Waals surface area contributed by atoms with Gasteiger partial charge in [0, 0.05) is 25.9 Å². The van der Waals surface area contributed by atoms with E-state index >= 15 is 0 Å². The molecule has 3 atom stereocenters. The predicted octanol–water partition coefficient (Wildman–Crippen LogP) is 0.700. The summed E-state index contributed by atoms with van der Waals surface area (Å²) in [5.74, 6) is -1.42. The van der Waals surface area contributed by atoms with Gasteiger partial charge in [-0.15, -0.1) is 0 Å². The van der Waals surface area contributed by atoms with Crippen molar-refractivity contribution < 1.29 is 28.8 Å². The van der Waals surface area contributed by atoms with Crippen LogP contribution in [0.25, 0.3) is 0 Å². The molecule has 0 aromatic heterocycles. The van der Waals surface area contributed by atoms with Crippen LogP contribution in [0.5, 0.6) is 0 Å². The van der Waals surface area contributed by atoms with Crippen LogP contribution < -0.4 is 21.7 Å². The topological polar surface area (TPSA) is 168 Å². The summed E-state index contributed by atoms with van der Waals surface area (Å²) in [6.07, 6.45) is 4.90. The molecule has 6 amide bonds. The molecule has 1 heterocycles. The van der Waals surface area contributed by atoms with Crippen LogP contribution >= 0.6 is 11.8 Å². The Balaban J connectivity index is 2.44. The Morgan fingerprint density at radius 1 is 1.09 bits per heavy atom. The average Bonchev–Trinajstić information content (AvgIpc) is 3.05. The number of carbonyl (C=O) groups excluding carboxylic acids is 6. The van der Waals surface area contributed by atoms with E-state index in [1.807, 2.05) is 6.26 Å². The van der Waals surface area contributed by atoms with Crippen molar-refractivity contribution in [2.24, 2.45) is 11.7 Å². The molecule has 35 heavy (non-hydrogen) atoms. The molecule has 0 radical (unpaired) electrons. The first-order valence-corrected chi connectivity index (χ1v) is 13.3. The number of likely N-dealkylation sites (tertiary alicyclic amines) is 1. The van der Waals surface area contributed by atoms with Crippen molar-refractivity contribution in [1.29, 1.82) is 0 Å². The molecular weight excluding hydrogens is 474 g/mol. The van der Waals surface area contributed by atoms with Crippen LogP contribution in [0.2, 0.25) is 0 Å². The molecule has 0 aromatic carbocycles. The molecule has 0 saturated carbocycles. The second kappa shape index (κ2) is 15.4. The van der Waals surface area contributed by atoms with Crippen LogP contribution in [0.3, 0.4) is 0 Å². The van der Waals surface area contributed by atoms with Gasteiger partial charge in [0.25, 0.3) is 0 Å². The van der Waals surface area contributed by atoms with Gasteiger partial charge in [-0.25, -0.2) is 4.79 Å². The lowest BCUT2D eigenvalue weighted by Crippen LogP contribution is -2.53. The summed E-state index contributed by atoms with van der Waals surface area (Å²) in [4.78, 5) is 73.3. The van der Waals surface area contributed by atoms with Crippen LogP contribution in [0.1, 0.15) is 65.7 Å². The number of rotatable bonds is 16. The van der Waals surface area contributed by atoms with Crippen molar-refractivity contribution in [3.05, 3.63) is 0 Å². The number of ketones is 1. The van der Waals surface area contributed by atoms with Gasteiger partial charge < -0.3 is 21.7 Å². The van der Waals surface area contributed by atoms with Gasteiger partial charge in [0.05, 0.1) is 11.3 Å². The highest BCUT2D eigenvalue weighted by atomic mass is 32.2. The van der Waals surface area contributed by atoms with Gasteiger partial charge in [-0.1, -0.05) is 20.3 Å². The standard InChI is InChI=1S/C23H39N5O6S/c1-14(2)20(21(32)26-16(15(3)29)9-8-11-25-23(24)34)27-18(30)10-6-5-7-12-28-19(31)13-17(35-4)22(28)33/h14,16-17,20H,5-13H2,1-4H3,(H,26,32)(H,27,30)(H3,24,25,34)/t16-,17?,20?/m0/s1. The highest BCUT2D eigenvalue weighted by Gasteiger charge is 2.37. The monoisotopic (exact) mass is 513 g/mol. The number of nitrogens with two attached hydrogens (primary N) is 1. The summed E-state index contributed by atoms with van der Waals surface area (Å²) < 4.78 is 0.